The van der Waals surface area contributed by atoms with Crippen molar-refractivity contribution in [2.45, 2.75) is 25.5 Å². The molecule has 0 N–H and O–H groups in total. The SMILES string of the molecule is Cc1sc2nc(SCC(=O)c3ccc(-c4ccccc4)cc3)n(Cc3ccco3)c(=O)c2c1C. The van der Waals surface area contributed by atoms with Crippen LogP contribution in [0.3, 0.4) is 0 Å². The van der Waals surface area contributed by atoms with Crippen LogP contribution in [0.15, 0.2) is 87.4 Å². The lowest BCUT2D eigenvalue weighted by molar-refractivity contribution is 0.102. The summed E-state index contributed by atoms with van der Waals surface area (Å²) >= 11 is 2.79. The number of benzene rings is 2. The lowest BCUT2D eigenvalue weighted by atomic mass is 10.0. The average molecular weight is 487 g/mol. The molecule has 0 bridgehead atoms. The van der Waals surface area contributed by atoms with Crippen molar-refractivity contribution < 1.29 is 9.21 Å². The Balaban J connectivity index is 1.42. The number of Topliss-reactive ketones (excluding diaryl/α,β-unsaturated/α-hetero) is 1. The molecule has 5 aromatic rings. The van der Waals surface area contributed by atoms with Crippen molar-refractivity contribution >= 4 is 39.1 Å². The number of thiophene rings is 1. The Labute approximate surface area is 205 Å². The van der Waals surface area contributed by atoms with E-state index in [9.17, 15) is 9.59 Å². The van der Waals surface area contributed by atoms with E-state index in [1.54, 1.807) is 16.9 Å². The summed E-state index contributed by atoms with van der Waals surface area (Å²) in [7, 11) is 0. The maximum atomic E-state index is 13.4. The lowest BCUT2D eigenvalue weighted by Crippen LogP contribution is -2.24. The summed E-state index contributed by atoms with van der Waals surface area (Å²) in [6.07, 6.45) is 1.59. The fourth-order valence-corrected chi connectivity index (χ4v) is 5.77. The van der Waals surface area contributed by atoms with Crippen LogP contribution in [0.25, 0.3) is 21.3 Å². The maximum absolute atomic E-state index is 13.4. The van der Waals surface area contributed by atoms with Gasteiger partial charge < -0.3 is 4.42 Å². The molecular formula is C27H22N2O3S2. The summed E-state index contributed by atoms with van der Waals surface area (Å²) in [5.41, 5.74) is 3.66. The highest BCUT2D eigenvalue weighted by molar-refractivity contribution is 7.99. The summed E-state index contributed by atoms with van der Waals surface area (Å²) in [5.74, 6) is 0.837. The van der Waals surface area contributed by atoms with Crippen molar-refractivity contribution in [2.75, 3.05) is 5.75 Å². The second kappa shape index (κ2) is 9.44. The number of fused-ring (bicyclic) bond motifs is 1. The summed E-state index contributed by atoms with van der Waals surface area (Å²) in [5, 5.41) is 1.16. The standard InChI is InChI=1S/C27H22N2O3S2/c1-17-18(2)34-25-24(17)26(31)29(15-22-9-6-14-32-22)27(28-25)33-16-23(30)21-12-10-20(11-13-21)19-7-4-3-5-8-19/h3-14H,15-16H2,1-2H3. The molecule has 7 heteroatoms. The Morgan fingerprint density at radius 3 is 2.44 bits per heavy atom. The number of carbonyl (C=O) groups excluding carboxylic acids is 1. The van der Waals surface area contributed by atoms with Gasteiger partial charge in [0.1, 0.15) is 10.6 Å². The summed E-state index contributed by atoms with van der Waals surface area (Å²) < 4.78 is 7.08. The van der Waals surface area contributed by atoms with Gasteiger partial charge >= 0.3 is 0 Å². The molecule has 0 saturated carbocycles. The number of rotatable bonds is 7. The van der Waals surface area contributed by atoms with E-state index < -0.39 is 0 Å². The maximum Gasteiger partial charge on any atom is 0.263 e. The highest BCUT2D eigenvalue weighted by atomic mass is 32.2. The minimum atomic E-state index is -0.106. The first-order chi connectivity index (χ1) is 16.5. The number of furan rings is 1. The van der Waals surface area contributed by atoms with E-state index in [1.165, 1.54) is 23.1 Å². The molecule has 0 saturated heterocycles. The molecule has 2 aromatic carbocycles. The van der Waals surface area contributed by atoms with E-state index >= 15 is 0 Å². The summed E-state index contributed by atoms with van der Waals surface area (Å²) in [6, 6.07) is 21.3. The largest absolute Gasteiger partial charge is 0.467 e. The molecule has 34 heavy (non-hydrogen) atoms. The van der Waals surface area contributed by atoms with Gasteiger partial charge in [0.15, 0.2) is 10.9 Å². The Morgan fingerprint density at radius 1 is 1.00 bits per heavy atom. The van der Waals surface area contributed by atoms with E-state index in [-0.39, 0.29) is 23.6 Å². The van der Waals surface area contributed by atoms with Crippen molar-refractivity contribution in [3.63, 3.8) is 0 Å². The van der Waals surface area contributed by atoms with Gasteiger partial charge in [-0.15, -0.1) is 11.3 Å². The van der Waals surface area contributed by atoms with Crippen LogP contribution in [0.4, 0.5) is 0 Å². The predicted octanol–water partition coefficient (Wildman–Crippen LogP) is 6.36. The fraction of sp³-hybridized carbons (Fsp3) is 0.148. The van der Waals surface area contributed by atoms with Gasteiger partial charge in [-0.1, -0.05) is 66.4 Å². The molecule has 0 spiro atoms. The molecule has 0 aliphatic heterocycles. The molecular weight excluding hydrogens is 464 g/mol. The van der Waals surface area contributed by atoms with E-state index in [0.29, 0.717) is 26.7 Å². The second-order valence-electron chi connectivity index (χ2n) is 7.98. The zero-order valence-corrected chi connectivity index (χ0v) is 20.4. The first-order valence-corrected chi connectivity index (χ1v) is 12.7. The first kappa shape index (κ1) is 22.4. The van der Waals surface area contributed by atoms with Gasteiger partial charge in [-0.2, -0.15) is 0 Å². The van der Waals surface area contributed by atoms with Gasteiger partial charge in [0.2, 0.25) is 0 Å². The summed E-state index contributed by atoms with van der Waals surface area (Å²) in [4.78, 5) is 32.9. The third-order valence-electron chi connectivity index (χ3n) is 5.79. The second-order valence-corrected chi connectivity index (χ2v) is 10.1. The molecule has 170 valence electrons. The smallest absolute Gasteiger partial charge is 0.263 e. The normalized spacial score (nSPS) is 11.2. The van der Waals surface area contributed by atoms with Crippen molar-refractivity contribution in [3.05, 3.63) is 105 Å². The van der Waals surface area contributed by atoms with Gasteiger partial charge in [-0.25, -0.2) is 4.98 Å². The van der Waals surface area contributed by atoms with Crippen LogP contribution in [-0.2, 0) is 6.54 Å². The zero-order chi connectivity index (χ0) is 23.7. The van der Waals surface area contributed by atoms with Crippen LogP contribution in [-0.4, -0.2) is 21.1 Å². The van der Waals surface area contributed by atoms with Crippen LogP contribution in [0.1, 0.15) is 26.6 Å². The van der Waals surface area contributed by atoms with Crippen molar-refractivity contribution in [1.82, 2.24) is 9.55 Å². The van der Waals surface area contributed by atoms with Crippen molar-refractivity contribution in [3.8, 4) is 11.1 Å². The number of nitrogens with zero attached hydrogens (tertiary/aromatic N) is 2. The monoisotopic (exact) mass is 486 g/mol. The Hall–Kier alpha value is -3.42. The van der Waals surface area contributed by atoms with Gasteiger partial charge in [0.25, 0.3) is 5.56 Å². The number of hydrogen-bond acceptors (Lipinski definition) is 6. The van der Waals surface area contributed by atoms with Crippen molar-refractivity contribution in [1.29, 1.82) is 0 Å². The van der Waals surface area contributed by atoms with Crippen LogP contribution < -0.4 is 5.56 Å². The number of hydrogen-bond donors (Lipinski definition) is 0. The van der Waals surface area contributed by atoms with Gasteiger partial charge in [0.05, 0.1) is 23.9 Å². The minimum absolute atomic E-state index is 0.0120. The lowest BCUT2D eigenvalue weighted by Gasteiger charge is -2.11. The molecule has 3 heterocycles. The summed E-state index contributed by atoms with van der Waals surface area (Å²) in [6.45, 7) is 4.21. The molecule has 0 amide bonds. The zero-order valence-electron chi connectivity index (χ0n) is 18.8. The molecule has 5 rings (SSSR count). The quantitative estimate of drug-likeness (QED) is 0.152. The highest BCUT2D eigenvalue weighted by Gasteiger charge is 2.19. The Kier molecular flexibility index (Phi) is 6.22. The minimum Gasteiger partial charge on any atom is -0.467 e. The third-order valence-corrected chi connectivity index (χ3v) is 7.87. The van der Waals surface area contributed by atoms with E-state index in [2.05, 4.69) is 0 Å². The molecule has 5 nitrogen and oxygen atoms in total. The van der Waals surface area contributed by atoms with Crippen molar-refractivity contribution in [2.24, 2.45) is 0 Å². The molecule has 3 aromatic heterocycles. The predicted molar refractivity (Wildman–Crippen MR) is 138 cm³/mol. The fourth-order valence-electron chi connectivity index (χ4n) is 3.81. The van der Waals surface area contributed by atoms with E-state index in [1.807, 2.05) is 74.5 Å². The van der Waals surface area contributed by atoms with Gasteiger partial charge in [-0.05, 0) is 42.7 Å². The van der Waals surface area contributed by atoms with Crippen LogP contribution in [0.2, 0.25) is 0 Å². The molecule has 0 radical (unpaired) electrons. The highest BCUT2D eigenvalue weighted by Crippen LogP contribution is 2.29. The first-order valence-electron chi connectivity index (χ1n) is 10.9. The number of aryl methyl sites for hydroxylation is 2. The van der Waals surface area contributed by atoms with E-state index in [4.69, 9.17) is 9.40 Å². The molecule has 0 aliphatic rings. The number of aromatic nitrogens is 2. The number of thioether (sulfide) groups is 1. The average Bonchev–Trinajstić information content (AvgIpc) is 3.48. The number of carbonyl (C=O) groups is 1. The van der Waals surface area contributed by atoms with E-state index in [0.717, 1.165) is 21.6 Å². The Morgan fingerprint density at radius 2 is 1.74 bits per heavy atom. The molecule has 0 aliphatic carbocycles. The van der Waals surface area contributed by atoms with Gasteiger partial charge in [0, 0.05) is 10.4 Å². The van der Waals surface area contributed by atoms with Crippen LogP contribution >= 0.6 is 23.1 Å². The van der Waals surface area contributed by atoms with Crippen LogP contribution in [0, 0.1) is 13.8 Å². The topological polar surface area (TPSA) is 65.1 Å². The molecule has 0 fully saturated rings. The van der Waals surface area contributed by atoms with Crippen LogP contribution in [0.5, 0.6) is 0 Å². The molecule has 0 unspecified atom stereocenters. The molecule has 0 atom stereocenters. The number of ketones is 1. The van der Waals surface area contributed by atoms with Gasteiger partial charge in [-0.3, -0.25) is 14.2 Å². The Bertz CT molecular complexity index is 1520. The third kappa shape index (κ3) is 4.36.